The van der Waals surface area contributed by atoms with Crippen molar-refractivity contribution in [3.05, 3.63) is 11.9 Å². The topological polar surface area (TPSA) is 87.5 Å². The van der Waals surface area contributed by atoms with Crippen molar-refractivity contribution >= 4 is 17.7 Å². The minimum Gasteiger partial charge on any atom is -0.481 e. The van der Waals surface area contributed by atoms with Crippen molar-refractivity contribution in [2.45, 2.75) is 20.3 Å². The molecule has 2 rings (SSSR count). The Morgan fingerprint density at radius 2 is 2.20 bits per heavy atom. The van der Waals surface area contributed by atoms with E-state index in [4.69, 9.17) is 5.11 Å². The fourth-order valence-corrected chi connectivity index (χ4v) is 2.29. The molecule has 1 saturated heterocycles. The van der Waals surface area contributed by atoms with E-state index in [1.165, 1.54) is 0 Å². The molecule has 0 bridgehead atoms. The van der Waals surface area contributed by atoms with Crippen LogP contribution in [0.15, 0.2) is 6.20 Å². The van der Waals surface area contributed by atoms with Crippen LogP contribution >= 0.6 is 0 Å². The van der Waals surface area contributed by atoms with E-state index in [1.54, 1.807) is 22.7 Å². The molecule has 0 aliphatic carbocycles. The zero-order valence-corrected chi connectivity index (χ0v) is 12.0. The zero-order valence-electron chi connectivity index (χ0n) is 12.0. The summed E-state index contributed by atoms with van der Waals surface area (Å²) < 4.78 is 1.67. The average molecular weight is 280 g/mol. The number of aromatic nitrogens is 2. The Balaban J connectivity index is 1.90. The fraction of sp³-hybridized carbons (Fsp3) is 0.615. The third-order valence-electron chi connectivity index (χ3n) is 3.78. The lowest BCUT2D eigenvalue weighted by Gasteiger charge is -2.40. The monoisotopic (exact) mass is 280 g/mol. The summed E-state index contributed by atoms with van der Waals surface area (Å²) in [5.74, 6) is -1.18. The zero-order chi connectivity index (χ0) is 14.9. The van der Waals surface area contributed by atoms with E-state index < -0.39 is 11.9 Å². The van der Waals surface area contributed by atoms with Crippen molar-refractivity contribution in [1.82, 2.24) is 14.7 Å². The predicted octanol–water partition coefficient (Wildman–Crippen LogP) is 1.17. The number of carboxylic acid groups (broad SMARTS) is 1. The second kappa shape index (κ2) is 5.52. The number of likely N-dealkylation sites (tertiary alicyclic amines) is 1. The summed E-state index contributed by atoms with van der Waals surface area (Å²) in [7, 11) is 1.81. The van der Waals surface area contributed by atoms with Crippen molar-refractivity contribution in [3.8, 4) is 0 Å². The number of carbonyl (C=O) groups excluding carboxylic acids is 1. The van der Waals surface area contributed by atoms with Crippen LogP contribution in [0.4, 0.5) is 10.5 Å². The standard InChI is InChI=1S/C13H20N4O3/c1-4-10-11(7-16(3)15-10)14-13(20)17-5-9(6-17)8(2)12(18)19/h7-9H,4-6H2,1-3H3,(H,14,20)(H,18,19). The second-order valence-electron chi connectivity index (χ2n) is 5.24. The number of amides is 2. The molecule has 1 aliphatic rings. The number of nitrogens with one attached hydrogen (secondary N) is 1. The molecule has 2 heterocycles. The van der Waals surface area contributed by atoms with Crippen molar-refractivity contribution in [2.75, 3.05) is 18.4 Å². The van der Waals surface area contributed by atoms with Gasteiger partial charge < -0.3 is 15.3 Å². The lowest BCUT2D eigenvalue weighted by molar-refractivity contribution is -0.144. The Hall–Kier alpha value is -2.05. The third-order valence-corrected chi connectivity index (χ3v) is 3.78. The van der Waals surface area contributed by atoms with Gasteiger partial charge in [-0.3, -0.25) is 9.48 Å². The molecule has 0 spiro atoms. The molecule has 1 atom stereocenters. The number of carboxylic acids is 1. The summed E-state index contributed by atoms with van der Waals surface area (Å²) in [6.45, 7) is 4.63. The van der Waals surface area contributed by atoms with Crippen LogP contribution < -0.4 is 5.32 Å². The molecule has 0 aromatic carbocycles. The molecular weight excluding hydrogens is 260 g/mol. The third kappa shape index (κ3) is 2.76. The maximum Gasteiger partial charge on any atom is 0.321 e. The summed E-state index contributed by atoms with van der Waals surface area (Å²) in [6.07, 6.45) is 2.52. The van der Waals surface area contributed by atoms with Gasteiger partial charge in [-0.1, -0.05) is 13.8 Å². The van der Waals surface area contributed by atoms with Gasteiger partial charge in [0.25, 0.3) is 0 Å². The van der Waals surface area contributed by atoms with E-state index in [2.05, 4.69) is 10.4 Å². The lowest BCUT2D eigenvalue weighted by Crippen LogP contribution is -2.54. The molecule has 1 aromatic heterocycles. The van der Waals surface area contributed by atoms with E-state index in [1.807, 2.05) is 14.0 Å². The van der Waals surface area contributed by atoms with Crippen LogP contribution in [-0.4, -0.2) is 44.9 Å². The number of aliphatic carboxylic acids is 1. The molecule has 2 N–H and O–H groups in total. The summed E-state index contributed by atoms with van der Waals surface area (Å²) >= 11 is 0. The number of nitrogens with zero attached hydrogens (tertiary/aromatic N) is 3. The molecule has 2 amide bonds. The SMILES string of the molecule is CCc1nn(C)cc1NC(=O)N1CC(C(C)C(=O)O)C1. The lowest BCUT2D eigenvalue weighted by atomic mass is 9.87. The number of urea groups is 1. The van der Waals surface area contributed by atoms with Crippen LogP contribution in [0.1, 0.15) is 19.5 Å². The highest BCUT2D eigenvalue weighted by Crippen LogP contribution is 2.25. The second-order valence-corrected chi connectivity index (χ2v) is 5.24. The first-order valence-electron chi connectivity index (χ1n) is 6.73. The van der Waals surface area contributed by atoms with Crippen molar-refractivity contribution in [3.63, 3.8) is 0 Å². The number of anilines is 1. The van der Waals surface area contributed by atoms with Crippen LogP contribution in [-0.2, 0) is 18.3 Å². The highest BCUT2D eigenvalue weighted by Gasteiger charge is 2.37. The minimum absolute atomic E-state index is 0.0396. The van der Waals surface area contributed by atoms with E-state index in [0.29, 0.717) is 13.1 Å². The Kier molecular flexibility index (Phi) is 3.96. The first kappa shape index (κ1) is 14.4. The Morgan fingerprint density at radius 3 is 2.75 bits per heavy atom. The molecular formula is C13H20N4O3. The van der Waals surface area contributed by atoms with E-state index in [-0.39, 0.29) is 11.9 Å². The van der Waals surface area contributed by atoms with Gasteiger partial charge in [0.2, 0.25) is 0 Å². The normalized spacial score (nSPS) is 16.6. The van der Waals surface area contributed by atoms with E-state index in [0.717, 1.165) is 17.8 Å². The molecule has 0 radical (unpaired) electrons. The molecule has 1 aliphatic heterocycles. The first-order chi connectivity index (χ1) is 9.42. The number of aryl methyl sites for hydroxylation is 2. The van der Waals surface area contributed by atoms with Crippen LogP contribution in [0.2, 0.25) is 0 Å². The maximum atomic E-state index is 12.0. The van der Waals surface area contributed by atoms with Crippen molar-refractivity contribution in [1.29, 1.82) is 0 Å². The molecule has 7 nitrogen and oxygen atoms in total. The van der Waals surface area contributed by atoms with Crippen LogP contribution in [0.25, 0.3) is 0 Å². The molecule has 7 heteroatoms. The quantitative estimate of drug-likeness (QED) is 0.866. The molecule has 1 aromatic rings. The van der Waals surface area contributed by atoms with Gasteiger partial charge in [-0.25, -0.2) is 4.79 Å². The largest absolute Gasteiger partial charge is 0.481 e. The van der Waals surface area contributed by atoms with Gasteiger partial charge in [0, 0.05) is 32.3 Å². The Bertz CT molecular complexity index is 520. The summed E-state index contributed by atoms with van der Waals surface area (Å²) in [4.78, 5) is 24.5. The number of hydrogen-bond acceptors (Lipinski definition) is 3. The molecule has 110 valence electrons. The maximum absolute atomic E-state index is 12.0. The van der Waals surface area contributed by atoms with Gasteiger partial charge in [-0.15, -0.1) is 0 Å². The van der Waals surface area contributed by atoms with Gasteiger partial charge in [-0.05, 0) is 6.42 Å². The summed E-state index contributed by atoms with van der Waals surface area (Å²) in [5.41, 5.74) is 1.56. The average Bonchev–Trinajstić information content (AvgIpc) is 2.67. The van der Waals surface area contributed by atoms with Crippen LogP contribution in [0.3, 0.4) is 0 Å². The van der Waals surface area contributed by atoms with Gasteiger partial charge in [0.1, 0.15) is 0 Å². The van der Waals surface area contributed by atoms with E-state index in [9.17, 15) is 9.59 Å². The van der Waals surface area contributed by atoms with Crippen molar-refractivity contribution < 1.29 is 14.7 Å². The minimum atomic E-state index is -0.810. The molecule has 0 saturated carbocycles. The molecule has 1 fully saturated rings. The number of carbonyl (C=O) groups is 2. The highest BCUT2D eigenvalue weighted by molar-refractivity contribution is 5.90. The number of hydrogen-bond donors (Lipinski definition) is 2. The Morgan fingerprint density at radius 1 is 1.55 bits per heavy atom. The highest BCUT2D eigenvalue weighted by atomic mass is 16.4. The summed E-state index contributed by atoms with van der Waals surface area (Å²) in [5, 5.41) is 16.0. The van der Waals surface area contributed by atoms with Gasteiger partial charge in [-0.2, -0.15) is 5.10 Å². The van der Waals surface area contributed by atoms with Gasteiger partial charge in [0.15, 0.2) is 0 Å². The molecule has 20 heavy (non-hydrogen) atoms. The smallest absolute Gasteiger partial charge is 0.321 e. The van der Waals surface area contributed by atoms with Crippen molar-refractivity contribution in [2.24, 2.45) is 18.9 Å². The van der Waals surface area contributed by atoms with Crippen LogP contribution in [0.5, 0.6) is 0 Å². The number of rotatable bonds is 4. The predicted molar refractivity (Wildman–Crippen MR) is 73.5 cm³/mol. The van der Waals surface area contributed by atoms with E-state index >= 15 is 0 Å². The van der Waals surface area contributed by atoms with Gasteiger partial charge >= 0.3 is 12.0 Å². The van der Waals surface area contributed by atoms with Gasteiger partial charge in [0.05, 0.1) is 17.3 Å². The fourth-order valence-electron chi connectivity index (χ4n) is 2.29. The first-order valence-corrected chi connectivity index (χ1v) is 6.73. The summed E-state index contributed by atoms with van der Waals surface area (Å²) in [6, 6.07) is -0.193. The molecule has 1 unspecified atom stereocenters. The Labute approximate surface area is 117 Å². The van der Waals surface area contributed by atoms with Crippen LogP contribution in [0, 0.1) is 11.8 Å².